The van der Waals surface area contributed by atoms with Gasteiger partial charge in [0.15, 0.2) is 5.82 Å². The van der Waals surface area contributed by atoms with Crippen molar-refractivity contribution in [3.05, 3.63) is 47.9 Å². The average Bonchev–Trinajstić information content (AvgIpc) is 2.39. The molecule has 6 heteroatoms. The number of carbonyl (C=O) groups is 1. The Morgan fingerprint density at radius 2 is 1.84 bits per heavy atom. The van der Waals surface area contributed by atoms with Gasteiger partial charge in [-0.15, -0.1) is 0 Å². The van der Waals surface area contributed by atoms with Crippen molar-refractivity contribution in [2.45, 2.75) is 0 Å². The van der Waals surface area contributed by atoms with E-state index in [4.69, 9.17) is 11.5 Å². The Morgan fingerprint density at radius 1 is 1.21 bits per heavy atom. The summed E-state index contributed by atoms with van der Waals surface area (Å²) in [7, 11) is 1.72. The zero-order valence-corrected chi connectivity index (χ0v) is 10.3. The summed E-state index contributed by atoms with van der Waals surface area (Å²) in [4.78, 5) is 16.9. The molecule has 98 valence electrons. The summed E-state index contributed by atoms with van der Waals surface area (Å²) in [5.41, 5.74) is 12.2. The van der Waals surface area contributed by atoms with Crippen molar-refractivity contribution in [2.24, 2.45) is 5.73 Å². The van der Waals surface area contributed by atoms with Crippen LogP contribution < -0.4 is 16.4 Å². The van der Waals surface area contributed by atoms with Gasteiger partial charge in [0, 0.05) is 12.7 Å². The minimum absolute atomic E-state index is 0.123. The molecule has 19 heavy (non-hydrogen) atoms. The molecule has 1 heterocycles. The Morgan fingerprint density at radius 3 is 2.42 bits per heavy atom. The lowest BCUT2D eigenvalue weighted by atomic mass is 10.2. The van der Waals surface area contributed by atoms with Crippen LogP contribution in [0.15, 0.2) is 36.4 Å². The molecule has 1 aromatic carbocycles. The number of amides is 1. The summed E-state index contributed by atoms with van der Waals surface area (Å²) in [6.45, 7) is 0. The molecule has 4 N–H and O–H groups in total. The predicted molar refractivity (Wildman–Crippen MR) is 71.6 cm³/mol. The molecular weight excluding hydrogens is 247 g/mol. The largest absolute Gasteiger partial charge is 0.396 e. The first-order valence-corrected chi connectivity index (χ1v) is 5.54. The number of anilines is 3. The van der Waals surface area contributed by atoms with Crippen LogP contribution in [-0.4, -0.2) is 17.9 Å². The third kappa shape index (κ3) is 2.62. The van der Waals surface area contributed by atoms with Gasteiger partial charge in [-0.25, -0.2) is 9.37 Å². The van der Waals surface area contributed by atoms with Crippen LogP contribution in [0.4, 0.5) is 21.6 Å². The fraction of sp³-hybridized carbons (Fsp3) is 0.0769. The molecule has 0 aliphatic heterocycles. The number of hydrogen-bond acceptors (Lipinski definition) is 4. The molecule has 0 saturated carbocycles. The van der Waals surface area contributed by atoms with Gasteiger partial charge in [-0.2, -0.15) is 0 Å². The molecule has 0 atom stereocenters. The standard InChI is InChI=1S/C13H13FN4O/c1-18(9-4-2-8(14)3-5-9)13-10(15)6-7-11(17-13)12(16)19/h2-7H,15H2,1H3,(H2,16,19). The molecule has 0 bridgehead atoms. The quantitative estimate of drug-likeness (QED) is 0.879. The molecule has 1 amide bonds. The highest BCUT2D eigenvalue weighted by molar-refractivity contribution is 5.92. The Balaban J connectivity index is 2.42. The van der Waals surface area contributed by atoms with E-state index in [1.54, 1.807) is 30.1 Å². The number of pyridine rings is 1. The molecule has 0 spiro atoms. The van der Waals surface area contributed by atoms with E-state index in [1.165, 1.54) is 18.2 Å². The van der Waals surface area contributed by atoms with Crippen LogP contribution in [0.25, 0.3) is 0 Å². The number of nitrogen functional groups attached to an aromatic ring is 1. The Hall–Kier alpha value is -2.63. The second kappa shape index (κ2) is 4.93. The number of primary amides is 1. The maximum absolute atomic E-state index is 12.9. The lowest BCUT2D eigenvalue weighted by molar-refractivity contribution is 0.0995. The van der Waals surface area contributed by atoms with Crippen LogP contribution in [0.1, 0.15) is 10.5 Å². The maximum Gasteiger partial charge on any atom is 0.267 e. The molecule has 2 aromatic rings. The number of rotatable bonds is 3. The van der Waals surface area contributed by atoms with Gasteiger partial charge in [-0.1, -0.05) is 0 Å². The van der Waals surface area contributed by atoms with Crippen LogP contribution in [0.2, 0.25) is 0 Å². The molecular formula is C13H13FN4O. The number of halogens is 1. The smallest absolute Gasteiger partial charge is 0.267 e. The summed E-state index contributed by atoms with van der Waals surface area (Å²) >= 11 is 0. The Kier molecular flexibility index (Phi) is 3.33. The fourth-order valence-corrected chi connectivity index (χ4v) is 1.65. The third-order valence-electron chi connectivity index (χ3n) is 2.69. The first-order valence-electron chi connectivity index (χ1n) is 5.54. The minimum Gasteiger partial charge on any atom is -0.396 e. The SMILES string of the molecule is CN(c1ccc(F)cc1)c1nc(C(N)=O)ccc1N. The van der Waals surface area contributed by atoms with E-state index in [0.29, 0.717) is 17.2 Å². The summed E-state index contributed by atoms with van der Waals surface area (Å²) in [6, 6.07) is 8.86. The lowest BCUT2D eigenvalue weighted by Gasteiger charge is -2.20. The van der Waals surface area contributed by atoms with E-state index in [-0.39, 0.29) is 11.5 Å². The van der Waals surface area contributed by atoms with E-state index in [9.17, 15) is 9.18 Å². The van der Waals surface area contributed by atoms with Gasteiger partial charge in [0.2, 0.25) is 0 Å². The molecule has 0 aliphatic carbocycles. The highest BCUT2D eigenvalue weighted by atomic mass is 19.1. The normalized spacial score (nSPS) is 10.2. The lowest BCUT2D eigenvalue weighted by Crippen LogP contribution is -2.18. The van der Waals surface area contributed by atoms with Gasteiger partial charge < -0.3 is 16.4 Å². The van der Waals surface area contributed by atoms with Crippen molar-refractivity contribution in [1.29, 1.82) is 0 Å². The molecule has 0 unspecified atom stereocenters. The predicted octanol–water partition coefficient (Wildman–Crippen LogP) is 1.67. The van der Waals surface area contributed by atoms with E-state index in [1.807, 2.05) is 0 Å². The van der Waals surface area contributed by atoms with Crippen molar-refractivity contribution in [3.8, 4) is 0 Å². The number of hydrogen-bond donors (Lipinski definition) is 2. The van der Waals surface area contributed by atoms with Crippen molar-refractivity contribution in [2.75, 3.05) is 17.7 Å². The van der Waals surface area contributed by atoms with Crippen LogP contribution >= 0.6 is 0 Å². The highest BCUT2D eigenvalue weighted by Crippen LogP contribution is 2.27. The number of carbonyl (C=O) groups excluding carboxylic acids is 1. The molecule has 5 nitrogen and oxygen atoms in total. The summed E-state index contributed by atoms with van der Waals surface area (Å²) in [5.74, 6) is -0.569. The zero-order chi connectivity index (χ0) is 14.0. The van der Waals surface area contributed by atoms with Gasteiger partial charge in [0.1, 0.15) is 11.5 Å². The summed E-state index contributed by atoms with van der Waals surface area (Å²) < 4.78 is 12.9. The molecule has 1 aromatic heterocycles. The van der Waals surface area contributed by atoms with E-state index < -0.39 is 5.91 Å². The average molecular weight is 260 g/mol. The third-order valence-corrected chi connectivity index (χ3v) is 2.69. The highest BCUT2D eigenvalue weighted by Gasteiger charge is 2.12. The first-order chi connectivity index (χ1) is 8.99. The van der Waals surface area contributed by atoms with Crippen molar-refractivity contribution >= 4 is 23.1 Å². The van der Waals surface area contributed by atoms with Crippen molar-refractivity contribution < 1.29 is 9.18 Å². The summed E-state index contributed by atoms with van der Waals surface area (Å²) in [5, 5.41) is 0. The molecule has 0 aliphatic rings. The minimum atomic E-state index is -0.631. The van der Waals surface area contributed by atoms with Gasteiger partial charge in [0.25, 0.3) is 5.91 Å². The van der Waals surface area contributed by atoms with Crippen molar-refractivity contribution in [1.82, 2.24) is 4.98 Å². The Labute approximate surface area is 109 Å². The Bertz CT molecular complexity index is 613. The maximum atomic E-state index is 12.9. The van der Waals surface area contributed by atoms with Crippen LogP contribution in [0.3, 0.4) is 0 Å². The van der Waals surface area contributed by atoms with Gasteiger partial charge in [-0.05, 0) is 36.4 Å². The molecule has 0 fully saturated rings. The van der Waals surface area contributed by atoms with E-state index in [0.717, 1.165) is 0 Å². The second-order valence-corrected chi connectivity index (χ2v) is 4.01. The van der Waals surface area contributed by atoms with E-state index >= 15 is 0 Å². The molecule has 2 rings (SSSR count). The monoisotopic (exact) mass is 260 g/mol. The number of nitrogens with zero attached hydrogens (tertiary/aromatic N) is 2. The number of nitrogens with two attached hydrogens (primary N) is 2. The number of benzene rings is 1. The second-order valence-electron chi connectivity index (χ2n) is 4.01. The van der Waals surface area contributed by atoms with Gasteiger partial charge in [-0.3, -0.25) is 4.79 Å². The van der Waals surface area contributed by atoms with Crippen LogP contribution in [0, 0.1) is 5.82 Å². The summed E-state index contributed by atoms with van der Waals surface area (Å²) in [6.07, 6.45) is 0. The van der Waals surface area contributed by atoms with Gasteiger partial charge in [0.05, 0.1) is 5.69 Å². The van der Waals surface area contributed by atoms with Crippen LogP contribution in [-0.2, 0) is 0 Å². The topological polar surface area (TPSA) is 85.2 Å². The van der Waals surface area contributed by atoms with Crippen LogP contribution in [0.5, 0.6) is 0 Å². The van der Waals surface area contributed by atoms with Gasteiger partial charge >= 0.3 is 0 Å². The first kappa shape index (κ1) is 12.8. The molecule has 0 saturated heterocycles. The number of aromatic nitrogens is 1. The molecule has 0 radical (unpaired) electrons. The fourth-order valence-electron chi connectivity index (χ4n) is 1.65. The van der Waals surface area contributed by atoms with E-state index in [2.05, 4.69) is 4.98 Å². The van der Waals surface area contributed by atoms with Crippen molar-refractivity contribution in [3.63, 3.8) is 0 Å². The zero-order valence-electron chi connectivity index (χ0n) is 10.3.